The second kappa shape index (κ2) is 3.50. The van der Waals surface area contributed by atoms with Crippen molar-refractivity contribution in [3.63, 3.8) is 0 Å². The van der Waals surface area contributed by atoms with Crippen LogP contribution in [0.25, 0.3) is 0 Å². The van der Waals surface area contributed by atoms with Gasteiger partial charge in [0.05, 0.1) is 5.54 Å². The number of benzene rings is 1. The van der Waals surface area contributed by atoms with E-state index >= 15 is 0 Å². The van der Waals surface area contributed by atoms with Crippen LogP contribution in [0.4, 0.5) is 0 Å². The number of rotatable bonds is 1. The molecule has 3 heteroatoms. The van der Waals surface area contributed by atoms with Gasteiger partial charge in [0.15, 0.2) is 0 Å². The van der Waals surface area contributed by atoms with Gasteiger partial charge in [-0.15, -0.1) is 0 Å². The molecule has 0 aromatic heterocycles. The Morgan fingerprint density at radius 1 is 1.27 bits per heavy atom. The zero-order valence-corrected chi connectivity index (χ0v) is 8.95. The zero-order chi connectivity index (χ0) is 10.9. The van der Waals surface area contributed by atoms with Crippen molar-refractivity contribution in [2.24, 2.45) is 4.99 Å². The van der Waals surface area contributed by atoms with E-state index in [2.05, 4.69) is 10.3 Å². The van der Waals surface area contributed by atoms with Gasteiger partial charge in [-0.3, -0.25) is 9.79 Å². The van der Waals surface area contributed by atoms with E-state index in [4.69, 9.17) is 0 Å². The van der Waals surface area contributed by atoms with Gasteiger partial charge in [-0.05, 0) is 13.8 Å². The number of carbonyl (C=O) groups excluding carboxylic acids is 1. The number of carbonyl (C=O) groups is 1. The summed E-state index contributed by atoms with van der Waals surface area (Å²) in [5, 5.41) is 2.85. The van der Waals surface area contributed by atoms with Crippen LogP contribution in [0.15, 0.2) is 35.3 Å². The van der Waals surface area contributed by atoms with Gasteiger partial charge in [0.1, 0.15) is 5.71 Å². The van der Waals surface area contributed by atoms with Crippen LogP contribution in [0.2, 0.25) is 0 Å². The summed E-state index contributed by atoms with van der Waals surface area (Å²) in [7, 11) is 0. The van der Waals surface area contributed by atoms with E-state index in [-0.39, 0.29) is 11.4 Å². The number of nitrogens with zero attached hydrogens (tertiary/aromatic N) is 1. The summed E-state index contributed by atoms with van der Waals surface area (Å²) in [5.41, 5.74) is 1.20. The molecule has 1 amide bonds. The Morgan fingerprint density at radius 2 is 1.93 bits per heavy atom. The molecule has 3 nitrogen and oxygen atoms in total. The van der Waals surface area contributed by atoms with Gasteiger partial charge in [-0.2, -0.15) is 0 Å². The fourth-order valence-corrected chi connectivity index (χ4v) is 1.56. The van der Waals surface area contributed by atoms with Gasteiger partial charge >= 0.3 is 0 Å². The molecule has 1 N–H and O–H groups in total. The van der Waals surface area contributed by atoms with Gasteiger partial charge < -0.3 is 5.32 Å². The van der Waals surface area contributed by atoms with Crippen molar-refractivity contribution in [1.82, 2.24) is 5.32 Å². The van der Waals surface area contributed by atoms with Gasteiger partial charge in [-0.1, -0.05) is 30.3 Å². The molecule has 15 heavy (non-hydrogen) atoms. The lowest BCUT2D eigenvalue weighted by atomic mass is 10.0. The average Bonchev–Trinajstić information content (AvgIpc) is 2.23. The summed E-state index contributed by atoms with van der Waals surface area (Å²) < 4.78 is 0. The highest BCUT2D eigenvalue weighted by molar-refractivity contribution is 6.45. The lowest BCUT2D eigenvalue weighted by Crippen LogP contribution is -2.47. The summed E-state index contributed by atoms with van der Waals surface area (Å²) in [6.45, 7) is 4.62. The molecule has 1 aromatic rings. The predicted molar refractivity (Wildman–Crippen MR) is 60.1 cm³/mol. The first-order valence-electron chi connectivity index (χ1n) is 5.02. The van der Waals surface area contributed by atoms with E-state index in [1.54, 1.807) is 0 Å². The maximum absolute atomic E-state index is 11.6. The first kappa shape index (κ1) is 9.90. The van der Waals surface area contributed by atoms with Crippen molar-refractivity contribution < 1.29 is 4.79 Å². The Morgan fingerprint density at radius 3 is 2.60 bits per heavy atom. The highest BCUT2D eigenvalue weighted by Gasteiger charge is 2.27. The smallest absolute Gasteiger partial charge is 0.270 e. The second-order valence-electron chi connectivity index (χ2n) is 4.32. The van der Waals surface area contributed by atoms with Crippen molar-refractivity contribution in [2.75, 3.05) is 6.54 Å². The average molecular weight is 202 g/mol. The van der Waals surface area contributed by atoms with Crippen LogP contribution in [-0.2, 0) is 4.79 Å². The van der Waals surface area contributed by atoms with E-state index in [1.807, 2.05) is 44.2 Å². The predicted octanol–water partition coefficient (Wildman–Crippen LogP) is 1.38. The van der Waals surface area contributed by atoms with E-state index in [9.17, 15) is 4.79 Å². The van der Waals surface area contributed by atoms with Crippen LogP contribution in [-0.4, -0.2) is 23.7 Å². The van der Waals surface area contributed by atoms with Crippen molar-refractivity contribution in [2.45, 2.75) is 19.4 Å². The standard InChI is InChI=1S/C12H14N2O/c1-12(2)8-13-11(15)10(14-12)9-6-4-3-5-7-9/h3-7H,8H2,1-2H3,(H,13,15). The number of hydrogen-bond donors (Lipinski definition) is 1. The minimum absolute atomic E-state index is 0.0828. The number of aliphatic imine (C=N–C) groups is 1. The number of nitrogens with one attached hydrogen (secondary N) is 1. The molecule has 0 unspecified atom stereocenters. The first-order valence-corrected chi connectivity index (χ1v) is 5.02. The molecule has 0 saturated carbocycles. The minimum atomic E-state index is -0.209. The Bertz CT molecular complexity index is 407. The monoisotopic (exact) mass is 202 g/mol. The molecule has 1 aromatic carbocycles. The molecule has 1 aliphatic heterocycles. The fraction of sp³-hybridized carbons (Fsp3) is 0.333. The maximum Gasteiger partial charge on any atom is 0.270 e. The second-order valence-corrected chi connectivity index (χ2v) is 4.32. The van der Waals surface area contributed by atoms with Crippen LogP contribution in [0.1, 0.15) is 19.4 Å². The zero-order valence-electron chi connectivity index (χ0n) is 8.95. The third-order valence-corrected chi connectivity index (χ3v) is 2.36. The number of hydrogen-bond acceptors (Lipinski definition) is 2. The van der Waals surface area contributed by atoms with Crippen LogP contribution in [0.3, 0.4) is 0 Å². The summed E-state index contributed by atoms with van der Waals surface area (Å²) >= 11 is 0. The Hall–Kier alpha value is -1.64. The van der Waals surface area contributed by atoms with Crippen LogP contribution in [0, 0.1) is 0 Å². The van der Waals surface area contributed by atoms with E-state index in [0.717, 1.165) is 5.56 Å². The molecule has 2 rings (SSSR count). The quantitative estimate of drug-likeness (QED) is 0.734. The normalized spacial score (nSPS) is 19.3. The molecule has 1 heterocycles. The molecule has 0 atom stereocenters. The summed E-state index contributed by atoms with van der Waals surface area (Å²) in [5.74, 6) is -0.0828. The van der Waals surface area contributed by atoms with Gasteiger partial charge in [-0.25, -0.2) is 0 Å². The van der Waals surface area contributed by atoms with Crippen molar-refractivity contribution in [3.05, 3.63) is 35.9 Å². The SMILES string of the molecule is CC1(C)CNC(=O)C(c2ccccc2)=N1. The highest BCUT2D eigenvalue weighted by atomic mass is 16.2. The van der Waals surface area contributed by atoms with Crippen LogP contribution < -0.4 is 5.32 Å². The molecule has 0 saturated heterocycles. The van der Waals surface area contributed by atoms with Gasteiger partial charge in [0.2, 0.25) is 0 Å². The lowest BCUT2D eigenvalue weighted by Gasteiger charge is -2.26. The summed E-state index contributed by atoms with van der Waals surface area (Å²) in [4.78, 5) is 16.1. The fourth-order valence-electron chi connectivity index (χ4n) is 1.56. The number of amides is 1. The van der Waals surface area contributed by atoms with E-state index in [0.29, 0.717) is 12.3 Å². The largest absolute Gasteiger partial charge is 0.348 e. The molecule has 1 aliphatic rings. The van der Waals surface area contributed by atoms with Gasteiger partial charge in [0, 0.05) is 12.1 Å². The molecule has 0 fully saturated rings. The van der Waals surface area contributed by atoms with E-state index < -0.39 is 0 Å². The van der Waals surface area contributed by atoms with Crippen molar-refractivity contribution in [1.29, 1.82) is 0 Å². The molecular weight excluding hydrogens is 188 g/mol. The molecular formula is C12H14N2O. The maximum atomic E-state index is 11.6. The Labute approximate surface area is 89.2 Å². The molecule has 0 aliphatic carbocycles. The molecule has 0 spiro atoms. The summed E-state index contributed by atoms with van der Waals surface area (Å²) in [6, 6.07) is 9.55. The molecule has 78 valence electrons. The third kappa shape index (κ3) is 2.06. The first-order chi connectivity index (χ1) is 7.08. The topological polar surface area (TPSA) is 41.5 Å². The minimum Gasteiger partial charge on any atom is -0.348 e. The van der Waals surface area contributed by atoms with Gasteiger partial charge in [0.25, 0.3) is 5.91 Å². The Kier molecular flexibility index (Phi) is 2.31. The van der Waals surface area contributed by atoms with Crippen molar-refractivity contribution in [3.8, 4) is 0 Å². The molecule has 0 radical (unpaired) electrons. The molecule has 0 bridgehead atoms. The highest BCUT2D eigenvalue weighted by Crippen LogP contribution is 2.15. The van der Waals surface area contributed by atoms with Crippen LogP contribution >= 0.6 is 0 Å². The lowest BCUT2D eigenvalue weighted by molar-refractivity contribution is -0.115. The third-order valence-electron chi connectivity index (χ3n) is 2.36. The van der Waals surface area contributed by atoms with Crippen molar-refractivity contribution >= 4 is 11.6 Å². The summed E-state index contributed by atoms with van der Waals surface area (Å²) in [6.07, 6.45) is 0. The van der Waals surface area contributed by atoms with Crippen LogP contribution in [0.5, 0.6) is 0 Å². The Balaban J connectivity index is 2.43. The van der Waals surface area contributed by atoms with E-state index in [1.165, 1.54) is 0 Å².